The van der Waals surface area contributed by atoms with Crippen molar-refractivity contribution in [3.05, 3.63) is 0 Å². The molecule has 0 aliphatic carbocycles. The van der Waals surface area contributed by atoms with E-state index in [1.807, 2.05) is 6.92 Å². The molecule has 1 N–H and O–H groups in total. The molecule has 0 spiro atoms. The van der Waals surface area contributed by atoms with E-state index in [1.54, 1.807) is 7.05 Å². The van der Waals surface area contributed by atoms with E-state index in [9.17, 15) is 10.0 Å². The van der Waals surface area contributed by atoms with Crippen molar-refractivity contribution in [3.63, 3.8) is 0 Å². The zero-order chi connectivity index (χ0) is 19.5. The second kappa shape index (κ2) is 17.8. The molecule has 0 fully saturated rings. The zero-order valence-corrected chi connectivity index (χ0v) is 17.9. The number of hydroxylamine groups is 3. The Hall–Kier alpha value is -0.610. The van der Waals surface area contributed by atoms with Gasteiger partial charge >= 0.3 is 5.97 Å². The molecule has 156 valence electrons. The zero-order valence-electron chi connectivity index (χ0n) is 17.9. The minimum Gasteiger partial charge on any atom is -0.465 e. The van der Waals surface area contributed by atoms with Crippen molar-refractivity contribution in [3.8, 4) is 0 Å². The number of hydrogen-bond donors (Lipinski definition) is 1. The molecule has 4 nitrogen and oxygen atoms in total. The van der Waals surface area contributed by atoms with E-state index in [2.05, 4.69) is 6.92 Å². The van der Waals surface area contributed by atoms with Gasteiger partial charge in [0.1, 0.15) is 13.1 Å². The molecule has 0 amide bonds. The predicted molar refractivity (Wildman–Crippen MR) is 109 cm³/mol. The molecule has 0 aliphatic heterocycles. The van der Waals surface area contributed by atoms with Crippen molar-refractivity contribution in [1.29, 1.82) is 0 Å². The number of nitrogens with zero attached hydrogens (tertiary/aromatic N) is 1. The van der Waals surface area contributed by atoms with Crippen LogP contribution in [0.3, 0.4) is 0 Å². The van der Waals surface area contributed by atoms with Crippen LogP contribution >= 0.6 is 0 Å². The molecule has 4 heteroatoms. The Bertz CT molecular complexity index is 319. The average Bonchev–Trinajstić information content (AvgIpc) is 2.62. The monoisotopic (exact) mass is 372 g/mol. The van der Waals surface area contributed by atoms with Gasteiger partial charge in [-0.3, -0.25) is 4.79 Å². The molecule has 0 aromatic carbocycles. The largest absolute Gasteiger partial charge is 0.465 e. The highest BCUT2D eigenvalue weighted by atomic mass is 16.5. The number of carbonyl (C=O) groups is 1. The van der Waals surface area contributed by atoms with E-state index >= 15 is 0 Å². The second-order valence-electron chi connectivity index (χ2n) is 7.95. The van der Waals surface area contributed by atoms with Gasteiger partial charge in [-0.1, -0.05) is 84.0 Å². The minimum atomic E-state index is -0.0864. The van der Waals surface area contributed by atoms with Crippen molar-refractivity contribution in [2.24, 2.45) is 0 Å². The summed E-state index contributed by atoms with van der Waals surface area (Å²) in [5.74, 6) is -0.0864. The smallest absolute Gasteiger partial charge is 0.305 e. The molecular formula is C22H46NO3+. The highest BCUT2D eigenvalue weighted by Gasteiger charge is 2.15. The number of ether oxygens (including phenoxy) is 1. The standard InChI is InChI=1S/C22H46NO3/c1-4-6-7-8-9-10-11-12-13-14-15-16-17-19-22(24)26-21-18-20-23(3,25)5-2/h25H,4-21H2,1-3H3/q+1. The van der Waals surface area contributed by atoms with E-state index in [0.717, 1.165) is 12.8 Å². The first kappa shape index (κ1) is 25.4. The molecule has 0 aromatic heterocycles. The normalized spacial score (nSPS) is 13.5. The quantitative estimate of drug-likeness (QED) is 0.126. The predicted octanol–water partition coefficient (Wildman–Crippen LogP) is 6.26. The Kier molecular flexibility index (Phi) is 17.4. The summed E-state index contributed by atoms with van der Waals surface area (Å²) in [6, 6.07) is 0. The fraction of sp³-hybridized carbons (Fsp3) is 0.955. The molecule has 0 radical (unpaired) electrons. The number of rotatable bonds is 19. The summed E-state index contributed by atoms with van der Waals surface area (Å²) in [6.45, 7) is 5.94. The van der Waals surface area contributed by atoms with Crippen LogP contribution in [0.2, 0.25) is 0 Å². The van der Waals surface area contributed by atoms with E-state index in [0.29, 0.717) is 32.5 Å². The Morgan fingerprint density at radius 2 is 1.23 bits per heavy atom. The number of unbranched alkanes of at least 4 members (excludes halogenated alkanes) is 12. The van der Waals surface area contributed by atoms with Crippen LogP contribution < -0.4 is 0 Å². The van der Waals surface area contributed by atoms with Crippen molar-refractivity contribution in [2.75, 3.05) is 26.7 Å². The summed E-state index contributed by atoms with van der Waals surface area (Å²) in [5.41, 5.74) is 0. The van der Waals surface area contributed by atoms with Gasteiger partial charge in [-0.15, -0.1) is 0 Å². The molecule has 0 aromatic rings. The maximum Gasteiger partial charge on any atom is 0.305 e. The first-order valence-electron chi connectivity index (χ1n) is 11.2. The molecule has 0 saturated heterocycles. The maximum absolute atomic E-state index is 11.6. The van der Waals surface area contributed by atoms with E-state index < -0.39 is 0 Å². The second-order valence-corrected chi connectivity index (χ2v) is 7.95. The minimum absolute atomic E-state index is 0.00356. The van der Waals surface area contributed by atoms with Crippen LogP contribution in [0.4, 0.5) is 0 Å². The summed E-state index contributed by atoms with van der Waals surface area (Å²) in [7, 11) is 1.77. The average molecular weight is 373 g/mol. The lowest BCUT2D eigenvalue weighted by molar-refractivity contribution is -1.09. The summed E-state index contributed by atoms with van der Waals surface area (Å²) < 4.78 is 5.23. The first-order valence-corrected chi connectivity index (χ1v) is 11.2. The van der Waals surface area contributed by atoms with E-state index in [1.165, 1.54) is 70.6 Å². The van der Waals surface area contributed by atoms with Crippen molar-refractivity contribution in [1.82, 2.24) is 0 Å². The first-order chi connectivity index (χ1) is 12.5. The van der Waals surface area contributed by atoms with Crippen LogP contribution in [0.5, 0.6) is 0 Å². The fourth-order valence-corrected chi connectivity index (χ4v) is 3.11. The Labute approximate surface area is 162 Å². The summed E-state index contributed by atoms with van der Waals surface area (Å²) in [5, 5.41) is 9.82. The lowest BCUT2D eigenvalue weighted by Gasteiger charge is -2.23. The summed E-state index contributed by atoms with van der Waals surface area (Å²) in [6.07, 6.45) is 18.3. The van der Waals surface area contributed by atoms with E-state index in [4.69, 9.17) is 4.74 Å². The SMILES string of the molecule is CCCCCCCCCCCCCCCC(=O)OCCC[N+](C)(O)CC. The highest BCUT2D eigenvalue weighted by Crippen LogP contribution is 2.13. The van der Waals surface area contributed by atoms with Gasteiger partial charge in [0.25, 0.3) is 0 Å². The van der Waals surface area contributed by atoms with Gasteiger partial charge in [-0.05, 0) is 13.3 Å². The summed E-state index contributed by atoms with van der Waals surface area (Å²) in [4.78, 5) is 11.6. The lowest BCUT2D eigenvalue weighted by Crippen LogP contribution is -2.41. The van der Waals surface area contributed by atoms with Crippen LogP contribution in [-0.4, -0.2) is 42.6 Å². The molecule has 0 rings (SSSR count). The van der Waals surface area contributed by atoms with Crippen LogP contribution in [-0.2, 0) is 9.53 Å². The van der Waals surface area contributed by atoms with Gasteiger partial charge in [-0.2, -0.15) is 4.65 Å². The van der Waals surface area contributed by atoms with Crippen molar-refractivity contribution < 1.29 is 19.4 Å². The third-order valence-electron chi connectivity index (χ3n) is 5.21. The topological polar surface area (TPSA) is 46.5 Å². The van der Waals surface area contributed by atoms with Crippen LogP contribution in [0, 0.1) is 0 Å². The summed E-state index contributed by atoms with van der Waals surface area (Å²) >= 11 is 0. The third kappa shape index (κ3) is 18.2. The fourth-order valence-electron chi connectivity index (χ4n) is 3.11. The van der Waals surface area contributed by atoms with Gasteiger partial charge in [0, 0.05) is 12.8 Å². The number of esters is 1. The van der Waals surface area contributed by atoms with Crippen LogP contribution in [0.1, 0.15) is 110 Å². The molecule has 0 heterocycles. The molecule has 0 saturated carbocycles. The van der Waals surface area contributed by atoms with Gasteiger partial charge in [0.2, 0.25) is 0 Å². The highest BCUT2D eigenvalue weighted by molar-refractivity contribution is 5.69. The Morgan fingerprint density at radius 1 is 0.769 bits per heavy atom. The molecule has 1 atom stereocenters. The number of carbonyl (C=O) groups excluding carboxylic acids is 1. The Morgan fingerprint density at radius 3 is 1.69 bits per heavy atom. The van der Waals surface area contributed by atoms with Crippen LogP contribution in [0.15, 0.2) is 0 Å². The molecular weight excluding hydrogens is 326 g/mol. The number of quaternary nitrogens is 1. The molecule has 0 bridgehead atoms. The lowest BCUT2D eigenvalue weighted by atomic mass is 10.0. The Balaban J connectivity index is 3.23. The van der Waals surface area contributed by atoms with Crippen molar-refractivity contribution >= 4 is 5.97 Å². The van der Waals surface area contributed by atoms with Crippen LogP contribution in [0.25, 0.3) is 0 Å². The molecule has 26 heavy (non-hydrogen) atoms. The molecule has 0 aliphatic rings. The van der Waals surface area contributed by atoms with Gasteiger partial charge in [0.15, 0.2) is 0 Å². The molecule has 1 unspecified atom stereocenters. The van der Waals surface area contributed by atoms with Gasteiger partial charge in [0.05, 0.1) is 13.7 Å². The number of hydrogen-bond acceptors (Lipinski definition) is 3. The third-order valence-corrected chi connectivity index (χ3v) is 5.21. The van der Waals surface area contributed by atoms with Gasteiger partial charge < -0.3 is 4.74 Å². The van der Waals surface area contributed by atoms with Crippen molar-refractivity contribution in [2.45, 2.75) is 110 Å². The van der Waals surface area contributed by atoms with E-state index in [-0.39, 0.29) is 10.6 Å². The van der Waals surface area contributed by atoms with Gasteiger partial charge in [-0.25, -0.2) is 5.21 Å². The maximum atomic E-state index is 11.6.